The van der Waals surface area contributed by atoms with Gasteiger partial charge in [-0.1, -0.05) is 0 Å². The summed E-state index contributed by atoms with van der Waals surface area (Å²) >= 11 is 0. The highest BCUT2D eigenvalue weighted by molar-refractivity contribution is 5.96. The summed E-state index contributed by atoms with van der Waals surface area (Å²) in [6.07, 6.45) is -0.967. The molecule has 0 aliphatic carbocycles. The summed E-state index contributed by atoms with van der Waals surface area (Å²) in [7, 11) is 0. The highest BCUT2D eigenvalue weighted by atomic mass is 16.5. The lowest BCUT2D eigenvalue weighted by atomic mass is 9.98. The van der Waals surface area contributed by atoms with Gasteiger partial charge in [0.2, 0.25) is 0 Å². The predicted octanol–water partition coefficient (Wildman–Crippen LogP) is 7.86. The van der Waals surface area contributed by atoms with Crippen LogP contribution in [0.15, 0.2) is 24.3 Å². The Hall–Kier alpha value is -6.05. The molecule has 0 saturated heterocycles. The largest absolute Gasteiger partial charge is 0.481 e. The van der Waals surface area contributed by atoms with Crippen LogP contribution in [0.4, 0.5) is 0 Å². The number of aliphatic carboxylic acids is 3. The number of aryl methyl sites for hydroxylation is 2. The number of ether oxygens (including phenoxy) is 2. The van der Waals surface area contributed by atoms with Crippen molar-refractivity contribution in [2.24, 2.45) is 0 Å². The number of carboxylic acids is 3. The van der Waals surface area contributed by atoms with Crippen molar-refractivity contribution in [3.05, 3.63) is 69.3 Å². The lowest BCUT2D eigenvalue weighted by Crippen LogP contribution is -2.05. The molecule has 0 aromatic carbocycles. The van der Waals surface area contributed by atoms with Crippen LogP contribution in [0.1, 0.15) is 131 Å². The minimum absolute atomic E-state index is 0.104. The Morgan fingerprint density at radius 1 is 0.593 bits per heavy atom. The van der Waals surface area contributed by atoms with E-state index in [1.54, 1.807) is 13.0 Å². The molecule has 8 bridgehead atoms. The van der Waals surface area contributed by atoms with Crippen molar-refractivity contribution in [1.29, 1.82) is 0 Å². The van der Waals surface area contributed by atoms with Crippen LogP contribution in [-0.4, -0.2) is 65.1 Å². The molecule has 286 valence electrons. The molecular weight excluding hydrogens is 696 g/mol. The lowest BCUT2D eigenvalue weighted by Gasteiger charge is -2.12. The van der Waals surface area contributed by atoms with Crippen LogP contribution >= 0.6 is 0 Å². The molecule has 3 aromatic heterocycles. The van der Waals surface area contributed by atoms with Crippen molar-refractivity contribution in [1.82, 2.24) is 19.9 Å². The first-order valence-electron chi connectivity index (χ1n) is 17.4. The van der Waals surface area contributed by atoms with E-state index in [1.165, 1.54) is 13.8 Å². The number of carbonyl (C=O) groups excluding carboxylic acids is 2. The van der Waals surface area contributed by atoms with Crippen LogP contribution in [0.2, 0.25) is 0 Å². The standard InChI is InChI=1S/C38H42N4O8.C2H4O2/c1-17-25(9-11-35(45)46)31-16-32-26(10-12-36(47)48)18(2)28(40-32)14-33-38(22(6)50-24(8)44)20(4)30(42-33)15-34-37(21(5)49-23(7)43)19(3)29(41-34)13-27(17)39-31;1-2(3)4/h13-16,21-22,41-42H,9-12H2,1-8H3,(H,45,46)(H,47,48);1H3,(H,3,4). The topological polar surface area (TPSA) is 222 Å². The van der Waals surface area contributed by atoms with E-state index in [4.69, 9.17) is 29.3 Å². The molecular formula is C40H46N4O10. The van der Waals surface area contributed by atoms with Crippen LogP contribution in [0.3, 0.4) is 0 Å². The zero-order chi connectivity index (χ0) is 40.2. The molecule has 0 radical (unpaired) electrons. The van der Waals surface area contributed by atoms with Gasteiger partial charge in [-0.25, -0.2) is 9.97 Å². The molecule has 2 aliphatic rings. The number of esters is 2. The number of aromatic nitrogens is 4. The van der Waals surface area contributed by atoms with Crippen LogP contribution < -0.4 is 0 Å². The third-order valence-electron chi connectivity index (χ3n) is 9.31. The second-order valence-corrected chi connectivity index (χ2v) is 13.3. The number of carboxylic acid groups (broad SMARTS) is 3. The molecule has 5 N–H and O–H groups in total. The minimum Gasteiger partial charge on any atom is -0.481 e. The Bertz CT molecular complexity index is 2270. The molecule has 0 fully saturated rings. The van der Waals surface area contributed by atoms with Crippen molar-refractivity contribution in [2.45, 2.75) is 100 Å². The number of carbonyl (C=O) groups is 5. The molecule has 2 aliphatic heterocycles. The Kier molecular flexibility index (Phi) is 12.6. The van der Waals surface area contributed by atoms with Crippen LogP contribution in [0, 0.1) is 13.8 Å². The maximum atomic E-state index is 12.1. The second kappa shape index (κ2) is 16.7. The third kappa shape index (κ3) is 9.29. The van der Waals surface area contributed by atoms with Gasteiger partial charge >= 0.3 is 23.9 Å². The van der Waals surface area contributed by atoms with Crippen LogP contribution in [0.25, 0.3) is 44.4 Å². The average Bonchev–Trinajstić information content (AvgIpc) is 3.71. The molecule has 0 spiro atoms. The summed E-state index contributed by atoms with van der Waals surface area (Å²) in [4.78, 5) is 73.4. The molecule has 2 atom stereocenters. The maximum absolute atomic E-state index is 12.1. The number of fused-ring (bicyclic) bond motifs is 8. The minimum atomic E-state index is -0.942. The Morgan fingerprint density at radius 2 is 0.944 bits per heavy atom. The number of H-pyrrole nitrogens is 2. The molecule has 0 saturated carbocycles. The second-order valence-electron chi connectivity index (χ2n) is 13.3. The van der Waals surface area contributed by atoms with Gasteiger partial charge in [0.25, 0.3) is 5.97 Å². The molecule has 2 unspecified atom stereocenters. The number of nitrogens with zero attached hydrogens (tertiary/aromatic N) is 2. The van der Waals surface area contributed by atoms with Gasteiger partial charge in [0.1, 0.15) is 12.2 Å². The summed E-state index contributed by atoms with van der Waals surface area (Å²) in [5.41, 5.74) is 11.4. The smallest absolute Gasteiger partial charge is 0.303 e. The van der Waals surface area contributed by atoms with Gasteiger partial charge < -0.3 is 34.8 Å². The fraction of sp³-hybridized carbons (Fsp3) is 0.375. The van der Waals surface area contributed by atoms with E-state index in [0.29, 0.717) is 33.8 Å². The number of allylic oxidation sites excluding steroid dienone is 4. The number of nitrogens with one attached hydrogen (secondary N) is 2. The predicted molar refractivity (Wildman–Crippen MR) is 203 cm³/mol. The molecule has 14 heteroatoms. The quantitative estimate of drug-likeness (QED) is 0.125. The monoisotopic (exact) mass is 742 g/mol. The van der Waals surface area contributed by atoms with E-state index in [2.05, 4.69) is 9.97 Å². The Balaban J connectivity index is 0.00000155. The number of aromatic amines is 2. The molecule has 5 heterocycles. The molecule has 14 nitrogen and oxygen atoms in total. The zero-order valence-electron chi connectivity index (χ0n) is 31.9. The zero-order valence-corrected chi connectivity index (χ0v) is 31.9. The van der Waals surface area contributed by atoms with Crippen LogP contribution in [0.5, 0.6) is 0 Å². The van der Waals surface area contributed by atoms with Gasteiger partial charge in [0.05, 0.1) is 22.8 Å². The first kappa shape index (κ1) is 40.7. The van der Waals surface area contributed by atoms with Crippen molar-refractivity contribution >= 4 is 74.2 Å². The van der Waals surface area contributed by atoms with Crippen molar-refractivity contribution < 1.29 is 48.8 Å². The Morgan fingerprint density at radius 3 is 1.31 bits per heavy atom. The SMILES string of the molecule is CC(=O)O.CC(=O)OC(C)c1c(C)c2cc3[nH]c(cc4nc(cc5nc(cc1[nH]2)C(C)=C5CCC(=O)O)C(CCC(=O)O)=C4C)c(C)c3C(C)OC(C)=O. The third-order valence-corrected chi connectivity index (χ3v) is 9.31. The van der Waals surface area contributed by atoms with E-state index < -0.39 is 42.1 Å². The Labute approximate surface area is 312 Å². The highest BCUT2D eigenvalue weighted by Gasteiger charge is 2.25. The van der Waals surface area contributed by atoms with E-state index >= 15 is 0 Å². The molecule has 0 amide bonds. The van der Waals surface area contributed by atoms with Crippen LogP contribution in [-0.2, 0) is 33.4 Å². The fourth-order valence-electron chi connectivity index (χ4n) is 6.90. The van der Waals surface area contributed by atoms with Gasteiger partial charge in [-0.05, 0) is 112 Å². The van der Waals surface area contributed by atoms with Gasteiger partial charge in [-0.2, -0.15) is 0 Å². The summed E-state index contributed by atoms with van der Waals surface area (Å²) in [5, 5.41) is 26.5. The number of rotatable bonds is 10. The first-order chi connectivity index (χ1) is 25.3. The van der Waals surface area contributed by atoms with Crippen molar-refractivity contribution in [3.8, 4) is 0 Å². The summed E-state index contributed by atoms with van der Waals surface area (Å²) in [6.45, 7) is 15.1. The maximum Gasteiger partial charge on any atom is 0.303 e. The van der Waals surface area contributed by atoms with E-state index in [0.717, 1.165) is 62.5 Å². The van der Waals surface area contributed by atoms with Crippen molar-refractivity contribution in [3.63, 3.8) is 0 Å². The first-order valence-corrected chi connectivity index (χ1v) is 17.4. The van der Waals surface area contributed by atoms with Gasteiger partial charge in [0.15, 0.2) is 0 Å². The summed E-state index contributed by atoms with van der Waals surface area (Å²) in [6, 6.07) is 7.50. The molecule has 54 heavy (non-hydrogen) atoms. The normalized spacial score (nSPS) is 13.5. The van der Waals surface area contributed by atoms with Gasteiger partial charge in [-0.3, -0.25) is 24.0 Å². The summed E-state index contributed by atoms with van der Waals surface area (Å²) in [5.74, 6) is -3.57. The van der Waals surface area contributed by atoms with E-state index in [-0.39, 0.29) is 25.7 Å². The molecule has 3 aromatic rings. The fourth-order valence-corrected chi connectivity index (χ4v) is 6.90. The van der Waals surface area contributed by atoms with E-state index in [9.17, 15) is 29.4 Å². The average molecular weight is 743 g/mol. The van der Waals surface area contributed by atoms with E-state index in [1.807, 2.05) is 52.8 Å². The van der Waals surface area contributed by atoms with Gasteiger partial charge in [-0.15, -0.1) is 0 Å². The van der Waals surface area contributed by atoms with Gasteiger partial charge in [0, 0.05) is 66.8 Å². The molecule has 5 rings (SSSR count). The number of hydrogen-bond donors (Lipinski definition) is 5. The van der Waals surface area contributed by atoms with Crippen molar-refractivity contribution in [2.75, 3.05) is 0 Å². The highest BCUT2D eigenvalue weighted by Crippen LogP contribution is 2.39. The summed E-state index contributed by atoms with van der Waals surface area (Å²) < 4.78 is 11.3. The number of hydrogen-bond acceptors (Lipinski definition) is 9. The lowest BCUT2D eigenvalue weighted by molar-refractivity contribution is -0.146.